The van der Waals surface area contributed by atoms with Gasteiger partial charge < -0.3 is 5.32 Å². The van der Waals surface area contributed by atoms with E-state index in [0.29, 0.717) is 0 Å². The van der Waals surface area contributed by atoms with Gasteiger partial charge in [-0.15, -0.1) is 0 Å². The van der Waals surface area contributed by atoms with Crippen LogP contribution >= 0.6 is 0 Å². The van der Waals surface area contributed by atoms with E-state index < -0.39 is 0 Å². The number of benzene rings is 1. The number of rotatable bonds is 1. The molecule has 1 aromatic rings. The molecule has 1 aromatic carbocycles. The topological polar surface area (TPSA) is 12.0 Å². The third kappa shape index (κ3) is 1.03. The molecule has 0 spiro atoms. The normalized spacial score (nSPS) is 17.2. The Morgan fingerprint density at radius 2 is 2.17 bits per heavy atom. The molecule has 0 radical (unpaired) electrons. The van der Waals surface area contributed by atoms with Crippen molar-refractivity contribution in [3.63, 3.8) is 0 Å². The first-order valence-electron chi connectivity index (χ1n) is 4.06. The standard InChI is InChI=1S/C11H11N/c1-2-5-11-10-7-4-3-6-9(10)8-12-11/h2-7,12H,1,8H2/b11-5-. The van der Waals surface area contributed by atoms with Crippen LogP contribution in [0.25, 0.3) is 5.70 Å². The van der Waals surface area contributed by atoms with E-state index in [1.165, 1.54) is 16.8 Å². The Morgan fingerprint density at radius 1 is 1.33 bits per heavy atom. The van der Waals surface area contributed by atoms with Gasteiger partial charge >= 0.3 is 0 Å². The van der Waals surface area contributed by atoms with Crippen LogP contribution in [0.2, 0.25) is 0 Å². The van der Waals surface area contributed by atoms with Gasteiger partial charge in [-0.2, -0.15) is 0 Å². The molecule has 1 heterocycles. The lowest BCUT2D eigenvalue weighted by molar-refractivity contribution is 0.944. The largest absolute Gasteiger partial charge is 0.380 e. The molecule has 1 nitrogen and oxygen atoms in total. The average Bonchev–Trinajstić information content (AvgIpc) is 2.50. The zero-order valence-electron chi connectivity index (χ0n) is 6.88. The molecule has 0 saturated carbocycles. The summed E-state index contributed by atoms with van der Waals surface area (Å²) in [5.41, 5.74) is 3.85. The van der Waals surface area contributed by atoms with Crippen LogP contribution in [0, 0.1) is 0 Å². The molecular formula is C11H11N. The highest BCUT2D eigenvalue weighted by Crippen LogP contribution is 2.23. The molecule has 0 atom stereocenters. The lowest BCUT2D eigenvalue weighted by Gasteiger charge is -1.97. The second-order valence-electron chi connectivity index (χ2n) is 2.83. The molecule has 0 fully saturated rings. The van der Waals surface area contributed by atoms with Crippen LogP contribution in [-0.4, -0.2) is 0 Å². The van der Waals surface area contributed by atoms with E-state index >= 15 is 0 Å². The Hall–Kier alpha value is -1.50. The molecule has 0 aliphatic carbocycles. The highest BCUT2D eigenvalue weighted by molar-refractivity contribution is 5.71. The predicted octanol–water partition coefficient (Wildman–Crippen LogP) is 2.32. The summed E-state index contributed by atoms with van der Waals surface area (Å²) in [5.74, 6) is 0. The van der Waals surface area contributed by atoms with E-state index in [1.807, 2.05) is 12.2 Å². The molecule has 1 heteroatoms. The first-order valence-corrected chi connectivity index (χ1v) is 4.06. The SMILES string of the molecule is C=C/C=C1\NCc2ccccc21. The molecule has 1 N–H and O–H groups in total. The third-order valence-corrected chi connectivity index (χ3v) is 2.06. The fourth-order valence-electron chi connectivity index (χ4n) is 1.49. The van der Waals surface area contributed by atoms with E-state index in [1.54, 1.807) is 0 Å². The minimum atomic E-state index is 0.940. The van der Waals surface area contributed by atoms with Crippen LogP contribution in [-0.2, 0) is 6.54 Å². The van der Waals surface area contributed by atoms with Crippen LogP contribution < -0.4 is 5.32 Å². The third-order valence-electron chi connectivity index (χ3n) is 2.06. The molecule has 1 aliphatic rings. The van der Waals surface area contributed by atoms with E-state index in [9.17, 15) is 0 Å². The summed E-state index contributed by atoms with van der Waals surface area (Å²) in [6.45, 7) is 4.62. The summed E-state index contributed by atoms with van der Waals surface area (Å²) in [5, 5.41) is 3.31. The van der Waals surface area contributed by atoms with Crippen molar-refractivity contribution >= 4 is 5.70 Å². The van der Waals surface area contributed by atoms with Crippen LogP contribution in [0.3, 0.4) is 0 Å². The van der Waals surface area contributed by atoms with Crippen molar-refractivity contribution in [2.24, 2.45) is 0 Å². The van der Waals surface area contributed by atoms with Gasteiger partial charge in [-0.3, -0.25) is 0 Å². The lowest BCUT2D eigenvalue weighted by atomic mass is 10.1. The molecule has 0 saturated heterocycles. The fraction of sp³-hybridized carbons (Fsp3) is 0.0909. The van der Waals surface area contributed by atoms with Crippen molar-refractivity contribution in [1.82, 2.24) is 5.32 Å². The van der Waals surface area contributed by atoms with Gasteiger partial charge in [0.05, 0.1) is 0 Å². The molecule has 12 heavy (non-hydrogen) atoms. The summed E-state index contributed by atoms with van der Waals surface area (Å²) >= 11 is 0. The second kappa shape index (κ2) is 2.86. The number of hydrogen-bond acceptors (Lipinski definition) is 1. The maximum Gasteiger partial charge on any atom is 0.0419 e. The van der Waals surface area contributed by atoms with Crippen LogP contribution in [0.5, 0.6) is 0 Å². The van der Waals surface area contributed by atoms with Crippen molar-refractivity contribution in [2.45, 2.75) is 6.54 Å². The Labute approximate surface area is 72.4 Å². The molecular weight excluding hydrogens is 146 g/mol. The minimum Gasteiger partial charge on any atom is -0.380 e. The summed E-state index contributed by atoms with van der Waals surface area (Å²) in [6, 6.07) is 8.40. The average molecular weight is 157 g/mol. The number of nitrogens with one attached hydrogen (secondary N) is 1. The summed E-state index contributed by atoms with van der Waals surface area (Å²) in [7, 11) is 0. The van der Waals surface area contributed by atoms with Crippen LogP contribution in [0.15, 0.2) is 43.0 Å². The van der Waals surface area contributed by atoms with Gasteiger partial charge in [0, 0.05) is 17.8 Å². The smallest absolute Gasteiger partial charge is 0.0419 e. The minimum absolute atomic E-state index is 0.940. The summed E-state index contributed by atoms with van der Waals surface area (Å²) < 4.78 is 0. The van der Waals surface area contributed by atoms with Gasteiger partial charge in [-0.25, -0.2) is 0 Å². The van der Waals surface area contributed by atoms with Gasteiger partial charge in [-0.05, 0) is 11.6 Å². The highest BCUT2D eigenvalue weighted by Gasteiger charge is 2.12. The molecule has 2 rings (SSSR count). The molecule has 0 bridgehead atoms. The van der Waals surface area contributed by atoms with E-state index in [0.717, 1.165) is 6.54 Å². The Morgan fingerprint density at radius 3 is 3.00 bits per heavy atom. The maximum absolute atomic E-state index is 3.68. The van der Waals surface area contributed by atoms with Crippen LogP contribution in [0.1, 0.15) is 11.1 Å². The number of fused-ring (bicyclic) bond motifs is 1. The van der Waals surface area contributed by atoms with Crippen molar-refractivity contribution in [2.75, 3.05) is 0 Å². The predicted molar refractivity (Wildman–Crippen MR) is 51.5 cm³/mol. The van der Waals surface area contributed by atoms with Crippen molar-refractivity contribution in [3.05, 3.63) is 54.1 Å². The molecule has 0 aromatic heterocycles. The van der Waals surface area contributed by atoms with Gasteiger partial charge in [-0.1, -0.05) is 36.9 Å². The van der Waals surface area contributed by atoms with Gasteiger partial charge in [0.1, 0.15) is 0 Å². The summed E-state index contributed by atoms with van der Waals surface area (Å²) in [4.78, 5) is 0. The molecule has 1 aliphatic heterocycles. The van der Waals surface area contributed by atoms with Crippen molar-refractivity contribution in [1.29, 1.82) is 0 Å². The van der Waals surface area contributed by atoms with Crippen molar-refractivity contribution in [3.8, 4) is 0 Å². The zero-order valence-corrected chi connectivity index (χ0v) is 6.88. The van der Waals surface area contributed by atoms with Crippen molar-refractivity contribution < 1.29 is 0 Å². The van der Waals surface area contributed by atoms with Gasteiger partial charge in [0.15, 0.2) is 0 Å². The first-order chi connectivity index (χ1) is 5.92. The molecule has 0 unspecified atom stereocenters. The zero-order chi connectivity index (χ0) is 8.39. The molecule has 60 valence electrons. The number of allylic oxidation sites excluding steroid dienone is 2. The van der Waals surface area contributed by atoms with E-state index in [4.69, 9.17) is 0 Å². The molecule has 0 amide bonds. The fourth-order valence-corrected chi connectivity index (χ4v) is 1.49. The van der Waals surface area contributed by atoms with E-state index in [-0.39, 0.29) is 0 Å². The Bertz CT molecular complexity index is 337. The van der Waals surface area contributed by atoms with Gasteiger partial charge in [0.25, 0.3) is 0 Å². The van der Waals surface area contributed by atoms with E-state index in [2.05, 4.69) is 36.2 Å². The highest BCUT2D eigenvalue weighted by atomic mass is 14.9. The first kappa shape index (κ1) is 7.17. The van der Waals surface area contributed by atoms with Gasteiger partial charge in [0.2, 0.25) is 0 Å². The Kier molecular flexibility index (Phi) is 1.71. The summed E-state index contributed by atoms with van der Waals surface area (Å²) in [6.07, 6.45) is 3.82. The quantitative estimate of drug-likeness (QED) is 0.659. The number of hydrogen-bond donors (Lipinski definition) is 1. The monoisotopic (exact) mass is 157 g/mol. The lowest BCUT2D eigenvalue weighted by Crippen LogP contribution is -1.99. The maximum atomic E-state index is 3.68. The van der Waals surface area contributed by atoms with Crippen LogP contribution in [0.4, 0.5) is 0 Å². The Balaban J connectivity index is 2.49. The second-order valence-corrected chi connectivity index (χ2v) is 2.83.